The fourth-order valence-electron chi connectivity index (χ4n) is 2.99. The third-order valence-corrected chi connectivity index (χ3v) is 4.39. The van der Waals surface area contributed by atoms with Crippen LogP contribution >= 0.6 is 0 Å². The smallest absolute Gasteiger partial charge is 0.107 e. The molecule has 4 heteroatoms. The molecule has 150 valence electrons. The second-order valence-electron chi connectivity index (χ2n) is 7.21. The van der Waals surface area contributed by atoms with Crippen molar-refractivity contribution in [1.29, 1.82) is 0 Å². The molecule has 28 heavy (non-hydrogen) atoms. The zero-order valence-corrected chi connectivity index (χ0v) is 17.0. The Balaban J connectivity index is 2.15. The van der Waals surface area contributed by atoms with Crippen LogP contribution in [0.5, 0.6) is 0 Å². The largest absolute Gasteiger partial charge is 0.375 e. The lowest BCUT2D eigenvalue weighted by atomic mass is 10.0. The molecule has 2 aromatic carbocycles. The summed E-state index contributed by atoms with van der Waals surface area (Å²) < 4.78 is 11.0. The Kier molecular flexibility index (Phi) is 9.74. The molecular weight excluding hydrogens is 350 g/mol. The van der Waals surface area contributed by atoms with Crippen molar-refractivity contribution in [3.63, 3.8) is 0 Å². The van der Waals surface area contributed by atoms with Crippen LogP contribution in [-0.4, -0.2) is 36.6 Å². The van der Waals surface area contributed by atoms with Crippen molar-refractivity contribution >= 4 is 0 Å². The van der Waals surface area contributed by atoms with Gasteiger partial charge in [-0.05, 0) is 23.5 Å². The van der Waals surface area contributed by atoms with Crippen molar-refractivity contribution in [3.8, 4) is 11.8 Å². The number of ether oxygens (including phenoxy) is 2. The van der Waals surface area contributed by atoms with E-state index in [1.54, 1.807) is 7.11 Å². The van der Waals surface area contributed by atoms with E-state index in [1.807, 2.05) is 60.7 Å². The molecule has 1 N–H and O–H groups in total. The van der Waals surface area contributed by atoms with E-state index in [-0.39, 0.29) is 12.1 Å². The third kappa shape index (κ3) is 7.46. The zero-order chi connectivity index (χ0) is 20.2. The number of hydrogen-bond acceptors (Lipinski definition) is 4. The molecule has 0 fully saturated rings. The molecular formula is C24H31NO3. The summed E-state index contributed by atoms with van der Waals surface area (Å²) in [7, 11) is 1.62. The van der Waals surface area contributed by atoms with E-state index in [9.17, 15) is 5.21 Å². The monoisotopic (exact) mass is 381 g/mol. The molecule has 0 amide bonds. The van der Waals surface area contributed by atoms with Gasteiger partial charge in [0.2, 0.25) is 0 Å². The highest BCUT2D eigenvalue weighted by Crippen LogP contribution is 2.24. The Bertz CT molecular complexity index is 722. The van der Waals surface area contributed by atoms with Gasteiger partial charge in [-0.2, -0.15) is 5.06 Å². The van der Waals surface area contributed by atoms with Gasteiger partial charge < -0.3 is 14.7 Å². The Morgan fingerprint density at radius 3 is 2.25 bits per heavy atom. The predicted molar refractivity (Wildman–Crippen MR) is 112 cm³/mol. The number of hydrogen-bond donors (Lipinski definition) is 1. The molecule has 0 heterocycles. The van der Waals surface area contributed by atoms with Gasteiger partial charge in [-0.3, -0.25) is 0 Å². The van der Waals surface area contributed by atoms with Gasteiger partial charge in [-0.1, -0.05) is 86.4 Å². The highest BCUT2D eigenvalue weighted by molar-refractivity contribution is 5.20. The first-order valence-electron chi connectivity index (χ1n) is 9.73. The summed E-state index contributed by atoms with van der Waals surface area (Å²) in [6, 6.07) is 19.4. The average molecular weight is 382 g/mol. The van der Waals surface area contributed by atoms with Crippen LogP contribution in [0.1, 0.15) is 37.4 Å². The molecule has 0 spiro atoms. The van der Waals surface area contributed by atoms with E-state index in [0.29, 0.717) is 25.7 Å². The van der Waals surface area contributed by atoms with Crippen molar-refractivity contribution in [3.05, 3.63) is 71.8 Å². The maximum atomic E-state index is 11.1. The number of hydroxylamine groups is 2. The third-order valence-electron chi connectivity index (χ3n) is 4.39. The molecule has 0 unspecified atom stereocenters. The Morgan fingerprint density at radius 2 is 1.64 bits per heavy atom. The summed E-state index contributed by atoms with van der Waals surface area (Å²) in [6.45, 7) is 5.48. The van der Waals surface area contributed by atoms with Crippen molar-refractivity contribution in [2.45, 2.75) is 39.0 Å². The maximum Gasteiger partial charge on any atom is 0.107 e. The van der Waals surface area contributed by atoms with E-state index in [2.05, 4.69) is 25.7 Å². The van der Waals surface area contributed by atoms with Gasteiger partial charge in [0.25, 0.3) is 0 Å². The second-order valence-corrected chi connectivity index (χ2v) is 7.21. The number of rotatable bonds is 10. The van der Waals surface area contributed by atoms with E-state index in [1.165, 1.54) is 5.06 Å². The van der Waals surface area contributed by atoms with E-state index < -0.39 is 0 Å². The van der Waals surface area contributed by atoms with Crippen LogP contribution in [0.15, 0.2) is 60.7 Å². The molecule has 0 saturated carbocycles. The summed E-state index contributed by atoms with van der Waals surface area (Å²) >= 11 is 0. The normalized spacial score (nSPS) is 13.2. The van der Waals surface area contributed by atoms with Crippen LogP contribution in [0.2, 0.25) is 0 Å². The van der Waals surface area contributed by atoms with E-state index >= 15 is 0 Å². The molecule has 0 bridgehead atoms. The minimum absolute atomic E-state index is 0.291. The lowest BCUT2D eigenvalue weighted by Crippen LogP contribution is -2.38. The molecule has 0 aliphatic heterocycles. The van der Waals surface area contributed by atoms with Crippen molar-refractivity contribution < 1.29 is 14.7 Å². The van der Waals surface area contributed by atoms with Gasteiger partial charge in [-0.15, -0.1) is 0 Å². The highest BCUT2D eigenvalue weighted by atomic mass is 16.5. The van der Waals surface area contributed by atoms with Crippen LogP contribution in [0.25, 0.3) is 0 Å². The Hall–Kier alpha value is -2.16. The fourth-order valence-corrected chi connectivity index (χ4v) is 2.99. The van der Waals surface area contributed by atoms with Gasteiger partial charge in [0.15, 0.2) is 0 Å². The Morgan fingerprint density at radius 1 is 1.00 bits per heavy atom. The van der Waals surface area contributed by atoms with Crippen molar-refractivity contribution in [2.24, 2.45) is 5.92 Å². The predicted octanol–water partition coefficient (Wildman–Crippen LogP) is 4.70. The molecule has 2 rings (SSSR count). The molecule has 0 aromatic heterocycles. The molecule has 4 nitrogen and oxygen atoms in total. The summed E-state index contributed by atoms with van der Waals surface area (Å²) in [5, 5.41) is 12.4. The molecule has 2 aromatic rings. The van der Waals surface area contributed by atoms with Gasteiger partial charge in [0.05, 0.1) is 25.3 Å². The molecule has 2 atom stereocenters. The lowest BCUT2D eigenvalue weighted by Gasteiger charge is -2.31. The van der Waals surface area contributed by atoms with Crippen molar-refractivity contribution in [1.82, 2.24) is 5.06 Å². The SMILES string of the molecule is COCC#C[C@@H](CC(C)C)N(O)[C@H](COCc1ccccc1)c1ccccc1. The van der Waals surface area contributed by atoms with Crippen LogP contribution < -0.4 is 0 Å². The van der Waals surface area contributed by atoms with E-state index in [4.69, 9.17) is 9.47 Å². The summed E-state index contributed by atoms with van der Waals surface area (Å²) in [5.74, 6) is 6.55. The number of methoxy groups -OCH3 is 1. The fraction of sp³-hybridized carbons (Fsp3) is 0.417. The van der Waals surface area contributed by atoms with Crippen LogP contribution in [0.3, 0.4) is 0 Å². The topological polar surface area (TPSA) is 41.9 Å². The molecule has 0 saturated heterocycles. The van der Waals surface area contributed by atoms with Gasteiger partial charge in [0.1, 0.15) is 6.61 Å². The molecule has 0 aliphatic rings. The zero-order valence-electron chi connectivity index (χ0n) is 17.0. The first-order chi connectivity index (χ1) is 13.6. The summed E-state index contributed by atoms with van der Waals surface area (Å²) in [6.07, 6.45) is 0.759. The van der Waals surface area contributed by atoms with Gasteiger partial charge in [0, 0.05) is 7.11 Å². The second kappa shape index (κ2) is 12.3. The van der Waals surface area contributed by atoms with Crippen LogP contribution in [0, 0.1) is 17.8 Å². The van der Waals surface area contributed by atoms with Crippen LogP contribution in [0.4, 0.5) is 0 Å². The molecule has 0 radical (unpaired) electrons. The van der Waals surface area contributed by atoms with Crippen LogP contribution in [-0.2, 0) is 16.1 Å². The summed E-state index contributed by atoms with van der Waals surface area (Å²) in [5.41, 5.74) is 2.11. The van der Waals surface area contributed by atoms with E-state index in [0.717, 1.165) is 17.5 Å². The number of benzene rings is 2. The highest BCUT2D eigenvalue weighted by Gasteiger charge is 2.26. The molecule has 0 aliphatic carbocycles. The Labute approximate surface area is 169 Å². The maximum absolute atomic E-state index is 11.1. The lowest BCUT2D eigenvalue weighted by molar-refractivity contribution is -0.166. The minimum atomic E-state index is -0.300. The quantitative estimate of drug-likeness (QED) is 0.478. The van der Waals surface area contributed by atoms with Gasteiger partial charge >= 0.3 is 0 Å². The number of nitrogens with zero attached hydrogens (tertiary/aromatic N) is 1. The first kappa shape index (κ1) is 22.1. The standard InChI is InChI=1S/C24H31NO3/c1-20(2)17-23(15-10-16-27-3)25(26)24(22-13-8-5-9-14-22)19-28-18-21-11-6-4-7-12-21/h4-9,11-14,20,23-24,26H,16-19H2,1-3H3/t23-,24+/m0/s1. The average Bonchev–Trinajstić information content (AvgIpc) is 2.71. The first-order valence-corrected chi connectivity index (χ1v) is 9.73. The summed E-state index contributed by atoms with van der Waals surface area (Å²) in [4.78, 5) is 0. The van der Waals surface area contributed by atoms with Crippen molar-refractivity contribution in [2.75, 3.05) is 20.3 Å². The van der Waals surface area contributed by atoms with Gasteiger partial charge in [-0.25, -0.2) is 0 Å². The minimum Gasteiger partial charge on any atom is -0.375 e.